The van der Waals surface area contributed by atoms with Crippen LogP contribution in [0.1, 0.15) is 59.3 Å². The summed E-state index contributed by atoms with van der Waals surface area (Å²) in [4.78, 5) is 12.1. The topological polar surface area (TPSA) is 17.1 Å². The number of hydrogen-bond donors (Lipinski definition) is 0. The van der Waals surface area contributed by atoms with Gasteiger partial charge in [-0.25, -0.2) is 0 Å². The van der Waals surface area contributed by atoms with Crippen LogP contribution in [-0.2, 0) is 4.79 Å². The van der Waals surface area contributed by atoms with Crippen molar-refractivity contribution in [3.05, 3.63) is 12.2 Å². The lowest BCUT2D eigenvalue weighted by molar-refractivity contribution is -0.126. The van der Waals surface area contributed by atoms with Gasteiger partial charge in [0.25, 0.3) is 0 Å². The van der Waals surface area contributed by atoms with E-state index in [1.54, 1.807) is 0 Å². The fourth-order valence-electron chi connectivity index (χ4n) is 2.15. The molecule has 0 unspecified atom stereocenters. The first-order chi connectivity index (χ1) is 6.94. The minimum atomic E-state index is -0.322. The number of hydrogen-bond acceptors (Lipinski definition) is 1. The van der Waals surface area contributed by atoms with Crippen molar-refractivity contribution in [2.24, 2.45) is 11.3 Å². The average molecular weight is 208 g/mol. The molecule has 0 atom stereocenters. The zero-order valence-corrected chi connectivity index (χ0v) is 10.4. The van der Waals surface area contributed by atoms with E-state index in [0.717, 1.165) is 12.0 Å². The Morgan fingerprint density at radius 1 is 1.27 bits per heavy atom. The molecule has 0 spiro atoms. The Morgan fingerprint density at radius 3 is 2.27 bits per heavy atom. The maximum absolute atomic E-state index is 12.1. The van der Waals surface area contributed by atoms with E-state index >= 15 is 0 Å². The van der Waals surface area contributed by atoms with Crippen LogP contribution in [0.15, 0.2) is 12.2 Å². The molecule has 1 fully saturated rings. The largest absolute Gasteiger partial charge is 0.299 e. The van der Waals surface area contributed by atoms with Gasteiger partial charge in [0.1, 0.15) is 5.78 Å². The third kappa shape index (κ3) is 3.19. The van der Waals surface area contributed by atoms with E-state index < -0.39 is 0 Å². The minimum Gasteiger partial charge on any atom is -0.299 e. The van der Waals surface area contributed by atoms with E-state index in [0.29, 0.717) is 11.7 Å². The van der Waals surface area contributed by atoms with Crippen molar-refractivity contribution in [1.82, 2.24) is 0 Å². The van der Waals surface area contributed by atoms with E-state index in [1.807, 2.05) is 20.8 Å². The summed E-state index contributed by atoms with van der Waals surface area (Å²) in [6.45, 7) is 9.88. The highest BCUT2D eigenvalue weighted by Crippen LogP contribution is 2.33. The molecule has 0 saturated heterocycles. The van der Waals surface area contributed by atoms with E-state index in [-0.39, 0.29) is 5.41 Å². The number of ketones is 1. The van der Waals surface area contributed by atoms with Crippen molar-refractivity contribution in [2.45, 2.75) is 59.3 Å². The van der Waals surface area contributed by atoms with Crippen molar-refractivity contribution < 1.29 is 4.79 Å². The molecule has 0 aromatic rings. The SMILES string of the molecule is C=C(C)C(C)(C)C(=O)CC1CCCCC1. The molecule has 15 heavy (non-hydrogen) atoms. The highest BCUT2D eigenvalue weighted by Gasteiger charge is 2.30. The maximum atomic E-state index is 12.1. The first-order valence-corrected chi connectivity index (χ1v) is 6.14. The van der Waals surface area contributed by atoms with Crippen LogP contribution in [0.25, 0.3) is 0 Å². The summed E-state index contributed by atoms with van der Waals surface area (Å²) >= 11 is 0. The van der Waals surface area contributed by atoms with Gasteiger partial charge < -0.3 is 0 Å². The molecule has 1 heteroatoms. The van der Waals surface area contributed by atoms with Gasteiger partial charge in [0.2, 0.25) is 0 Å². The van der Waals surface area contributed by atoms with Crippen molar-refractivity contribution in [3.8, 4) is 0 Å². The summed E-state index contributed by atoms with van der Waals surface area (Å²) in [7, 11) is 0. The summed E-state index contributed by atoms with van der Waals surface area (Å²) in [6.07, 6.45) is 7.24. The zero-order chi connectivity index (χ0) is 11.5. The Hall–Kier alpha value is -0.590. The second kappa shape index (κ2) is 4.96. The second-order valence-corrected chi connectivity index (χ2v) is 5.54. The molecule has 1 aliphatic carbocycles. The Kier molecular flexibility index (Phi) is 4.12. The van der Waals surface area contributed by atoms with Gasteiger partial charge in [0.15, 0.2) is 0 Å². The lowest BCUT2D eigenvalue weighted by atomic mass is 9.76. The van der Waals surface area contributed by atoms with Gasteiger partial charge in [0, 0.05) is 11.8 Å². The van der Waals surface area contributed by atoms with Crippen molar-refractivity contribution in [1.29, 1.82) is 0 Å². The van der Waals surface area contributed by atoms with Crippen LogP contribution < -0.4 is 0 Å². The number of rotatable bonds is 4. The Balaban J connectivity index is 2.50. The molecular formula is C14H24O. The number of carbonyl (C=O) groups is 1. The molecular weight excluding hydrogens is 184 g/mol. The van der Waals surface area contributed by atoms with E-state index in [4.69, 9.17) is 0 Å². The van der Waals surface area contributed by atoms with Crippen molar-refractivity contribution in [2.75, 3.05) is 0 Å². The summed E-state index contributed by atoms with van der Waals surface area (Å²) in [5.74, 6) is 1.02. The molecule has 1 nitrogen and oxygen atoms in total. The Morgan fingerprint density at radius 2 is 1.80 bits per heavy atom. The molecule has 1 rings (SSSR count). The number of Topliss-reactive ketones (excluding diaryl/α,β-unsaturated/α-hetero) is 1. The second-order valence-electron chi connectivity index (χ2n) is 5.54. The van der Waals surface area contributed by atoms with Gasteiger partial charge in [-0.2, -0.15) is 0 Å². The van der Waals surface area contributed by atoms with Crippen LogP contribution in [0.3, 0.4) is 0 Å². The highest BCUT2D eigenvalue weighted by molar-refractivity contribution is 5.87. The van der Waals surface area contributed by atoms with Gasteiger partial charge in [-0.3, -0.25) is 4.79 Å². The first kappa shape index (κ1) is 12.5. The Bertz CT molecular complexity index is 244. The molecule has 0 N–H and O–H groups in total. The standard InChI is InChI=1S/C14H24O/c1-11(2)14(3,4)13(15)10-12-8-6-5-7-9-12/h12H,1,5-10H2,2-4H3. The predicted octanol–water partition coefficient (Wildman–Crippen LogP) is 4.13. The normalized spacial score (nSPS) is 18.9. The monoisotopic (exact) mass is 208 g/mol. The zero-order valence-electron chi connectivity index (χ0n) is 10.4. The van der Waals surface area contributed by atoms with Gasteiger partial charge in [-0.1, -0.05) is 44.3 Å². The molecule has 0 heterocycles. The molecule has 1 saturated carbocycles. The third-order valence-corrected chi connectivity index (χ3v) is 3.96. The molecule has 0 radical (unpaired) electrons. The summed E-state index contributed by atoms with van der Waals surface area (Å²) < 4.78 is 0. The quantitative estimate of drug-likeness (QED) is 0.635. The highest BCUT2D eigenvalue weighted by atomic mass is 16.1. The lowest BCUT2D eigenvalue weighted by Crippen LogP contribution is -2.27. The molecule has 0 bridgehead atoms. The van der Waals surface area contributed by atoms with Crippen LogP contribution in [0.5, 0.6) is 0 Å². The van der Waals surface area contributed by atoms with E-state index in [9.17, 15) is 4.79 Å². The maximum Gasteiger partial charge on any atom is 0.142 e. The lowest BCUT2D eigenvalue weighted by Gasteiger charge is -2.28. The molecule has 0 aromatic heterocycles. The molecule has 1 aliphatic rings. The fraction of sp³-hybridized carbons (Fsp3) is 0.786. The minimum absolute atomic E-state index is 0.322. The number of carbonyl (C=O) groups excluding carboxylic acids is 1. The third-order valence-electron chi connectivity index (χ3n) is 3.96. The molecule has 86 valence electrons. The summed E-state index contributed by atoms with van der Waals surface area (Å²) in [5.41, 5.74) is 0.667. The van der Waals surface area contributed by atoms with Crippen molar-refractivity contribution in [3.63, 3.8) is 0 Å². The summed E-state index contributed by atoms with van der Waals surface area (Å²) in [5, 5.41) is 0. The summed E-state index contributed by atoms with van der Waals surface area (Å²) in [6, 6.07) is 0. The van der Waals surface area contributed by atoms with E-state index in [1.165, 1.54) is 32.1 Å². The van der Waals surface area contributed by atoms with Gasteiger partial charge in [0.05, 0.1) is 0 Å². The van der Waals surface area contributed by atoms with Gasteiger partial charge in [-0.15, -0.1) is 0 Å². The van der Waals surface area contributed by atoms with Crippen LogP contribution >= 0.6 is 0 Å². The van der Waals surface area contributed by atoms with Crippen molar-refractivity contribution >= 4 is 5.78 Å². The Labute approximate surface area is 93.9 Å². The van der Waals surface area contributed by atoms with Crippen LogP contribution in [0, 0.1) is 11.3 Å². The van der Waals surface area contributed by atoms with E-state index in [2.05, 4.69) is 6.58 Å². The van der Waals surface area contributed by atoms with Crippen LogP contribution in [0.2, 0.25) is 0 Å². The van der Waals surface area contributed by atoms with Gasteiger partial charge >= 0.3 is 0 Å². The predicted molar refractivity (Wildman–Crippen MR) is 64.8 cm³/mol. The van der Waals surface area contributed by atoms with Gasteiger partial charge in [-0.05, 0) is 26.7 Å². The first-order valence-electron chi connectivity index (χ1n) is 6.14. The molecule has 0 aliphatic heterocycles. The number of allylic oxidation sites excluding steroid dienone is 1. The van der Waals surface area contributed by atoms with Crippen LogP contribution in [0.4, 0.5) is 0 Å². The molecule has 0 amide bonds. The fourth-order valence-corrected chi connectivity index (χ4v) is 2.15. The van der Waals surface area contributed by atoms with Crippen LogP contribution in [-0.4, -0.2) is 5.78 Å². The average Bonchev–Trinajstić information content (AvgIpc) is 2.18. The molecule has 0 aromatic carbocycles. The smallest absolute Gasteiger partial charge is 0.142 e.